The molecule has 0 fully saturated rings. The van der Waals surface area contributed by atoms with E-state index < -0.39 is 23.1 Å². The Morgan fingerprint density at radius 2 is 1.73 bits per heavy atom. The van der Waals surface area contributed by atoms with Crippen LogP contribution in [0.1, 0.15) is 21.5 Å². The first kappa shape index (κ1) is 17.6. The summed E-state index contributed by atoms with van der Waals surface area (Å²) in [4.78, 5) is 11.2. The lowest BCUT2D eigenvalue weighted by Gasteiger charge is -2.11. The van der Waals surface area contributed by atoms with Crippen molar-refractivity contribution in [1.29, 1.82) is 0 Å². The molecule has 3 aromatic carbocycles. The van der Waals surface area contributed by atoms with Gasteiger partial charge in [0.15, 0.2) is 11.6 Å². The smallest absolute Gasteiger partial charge is 0.254 e. The number of amides is 1. The first-order valence-corrected chi connectivity index (χ1v) is 8.02. The van der Waals surface area contributed by atoms with E-state index in [0.29, 0.717) is 0 Å². The van der Waals surface area contributed by atoms with Crippen molar-refractivity contribution in [2.45, 2.75) is 13.5 Å². The molecule has 0 aliphatic carbocycles. The van der Waals surface area contributed by atoms with Crippen molar-refractivity contribution >= 4 is 5.91 Å². The number of ether oxygens (including phenoxy) is 1. The van der Waals surface area contributed by atoms with Crippen LogP contribution < -0.4 is 10.5 Å². The number of hydrogen-bond acceptors (Lipinski definition) is 2. The van der Waals surface area contributed by atoms with Crippen LogP contribution in [0.3, 0.4) is 0 Å². The number of carbonyl (C=O) groups is 1. The SMILES string of the molecule is Cc1ccc(-c2cccc(COc3ccc(F)c(C(N)=O)c3F)c2)cc1. The van der Waals surface area contributed by atoms with E-state index in [4.69, 9.17) is 10.5 Å². The third-order valence-corrected chi connectivity index (χ3v) is 4.01. The maximum Gasteiger partial charge on any atom is 0.254 e. The summed E-state index contributed by atoms with van der Waals surface area (Å²) in [5, 5.41) is 0. The average Bonchev–Trinajstić information content (AvgIpc) is 2.62. The number of halogens is 2. The van der Waals surface area contributed by atoms with Gasteiger partial charge in [-0.05, 0) is 41.8 Å². The highest BCUT2D eigenvalue weighted by atomic mass is 19.1. The minimum atomic E-state index is -1.17. The summed E-state index contributed by atoms with van der Waals surface area (Å²) in [6.07, 6.45) is 0. The van der Waals surface area contributed by atoms with Crippen LogP contribution in [-0.2, 0) is 6.61 Å². The van der Waals surface area contributed by atoms with Crippen LogP contribution in [0.4, 0.5) is 8.78 Å². The van der Waals surface area contributed by atoms with Crippen molar-refractivity contribution in [2.75, 3.05) is 0 Å². The minimum Gasteiger partial charge on any atom is -0.486 e. The summed E-state index contributed by atoms with van der Waals surface area (Å²) in [6.45, 7) is 2.09. The molecule has 0 unspecified atom stereocenters. The maximum absolute atomic E-state index is 14.2. The number of primary amides is 1. The Kier molecular flexibility index (Phi) is 4.98. The van der Waals surface area contributed by atoms with E-state index in [1.807, 2.05) is 55.5 Å². The Hall–Kier alpha value is -3.21. The molecule has 0 saturated heterocycles. The van der Waals surface area contributed by atoms with Gasteiger partial charge in [0.05, 0.1) is 0 Å². The zero-order chi connectivity index (χ0) is 18.7. The van der Waals surface area contributed by atoms with E-state index in [-0.39, 0.29) is 12.4 Å². The second kappa shape index (κ2) is 7.35. The van der Waals surface area contributed by atoms with Gasteiger partial charge < -0.3 is 10.5 Å². The molecule has 0 aromatic heterocycles. The molecular weight excluding hydrogens is 336 g/mol. The van der Waals surface area contributed by atoms with E-state index >= 15 is 0 Å². The summed E-state index contributed by atoms with van der Waals surface area (Å²) in [5.41, 5.74) is 8.26. The Morgan fingerprint density at radius 1 is 1.00 bits per heavy atom. The first-order valence-electron chi connectivity index (χ1n) is 8.02. The third kappa shape index (κ3) is 3.72. The van der Waals surface area contributed by atoms with Gasteiger partial charge in [0, 0.05) is 0 Å². The van der Waals surface area contributed by atoms with Gasteiger partial charge in [-0.25, -0.2) is 8.78 Å². The van der Waals surface area contributed by atoms with Gasteiger partial charge in [0.2, 0.25) is 0 Å². The highest BCUT2D eigenvalue weighted by Crippen LogP contribution is 2.25. The molecule has 0 atom stereocenters. The molecule has 2 N–H and O–H groups in total. The summed E-state index contributed by atoms with van der Waals surface area (Å²) in [6, 6.07) is 17.8. The van der Waals surface area contributed by atoms with E-state index in [1.165, 1.54) is 5.56 Å². The summed E-state index contributed by atoms with van der Waals surface area (Å²) in [5.74, 6) is -3.50. The molecular formula is C21H17F2NO2. The molecule has 0 aliphatic rings. The lowest BCUT2D eigenvalue weighted by molar-refractivity contribution is 0.0991. The van der Waals surface area contributed by atoms with Gasteiger partial charge in [-0.15, -0.1) is 0 Å². The highest BCUT2D eigenvalue weighted by Gasteiger charge is 2.19. The van der Waals surface area contributed by atoms with Gasteiger partial charge in [-0.2, -0.15) is 0 Å². The van der Waals surface area contributed by atoms with E-state index in [0.717, 1.165) is 28.8 Å². The fraction of sp³-hybridized carbons (Fsp3) is 0.0952. The van der Waals surface area contributed by atoms with Crippen molar-refractivity contribution in [2.24, 2.45) is 5.73 Å². The molecule has 5 heteroatoms. The highest BCUT2D eigenvalue weighted by molar-refractivity contribution is 5.93. The third-order valence-electron chi connectivity index (χ3n) is 4.01. The lowest BCUT2D eigenvalue weighted by atomic mass is 10.0. The molecule has 1 amide bonds. The Balaban J connectivity index is 1.81. The van der Waals surface area contributed by atoms with E-state index in [9.17, 15) is 13.6 Å². The molecule has 0 radical (unpaired) electrons. The van der Waals surface area contributed by atoms with Gasteiger partial charge in [-0.3, -0.25) is 4.79 Å². The predicted molar refractivity (Wildman–Crippen MR) is 95.8 cm³/mol. The number of rotatable bonds is 5. The Bertz CT molecular complexity index is 953. The number of hydrogen-bond donors (Lipinski definition) is 1. The summed E-state index contributed by atoms with van der Waals surface area (Å²) >= 11 is 0. The first-order chi connectivity index (χ1) is 12.5. The minimum absolute atomic E-state index is 0.0699. The number of carbonyl (C=O) groups excluding carboxylic acids is 1. The molecule has 3 nitrogen and oxygen atoms in total. The molecule has 3 aromatic rings. The zero-order valence-electron chi connectivity index (χ0n) is 14.1. The average molecular weight is 353 g/mol. The topological polar surface area (TPSA) is 52.3 Å². The number of benzene rings is 3. The van der Waals surface area contributed by atoms with Crippen LogP contribution in [0.5, 0.6) is 5.75 Å². The van der Waals surface area contributed by atoms with Crippen molar-refractivity contribution in [3.63, 3.8) is 0 Å². The molecule has 0 aliphatic heterocycles. The van der Waals surface area contributed by atoms with E-state index in [1.54, 1.807) is 0 Å². The fourth-order valence-corrected chi connectivity index (χ4v) is 2.62. The quantitative estimate of drug-likeness (QED) is 0.728. The molecule has 0 saturated carbocycles. The Labute approximate surface area is 150 Å². The maximum atomic E-state index is 14.2. The van der Waals surface area contributed by atoms with Gasteiger partial charge in [0.1, 0.15) is 18.0 Å². The molecule has 3 rings (SSSR count). The van der Waals surface area contributed by atoms with Crippen LogP contribution >= 0.6 is 0 Å². The van der Waals surface area contributed by atoms with E-state index in [2.05, 4.69) is 0 Å². The molecule has 0 bridgehead atoms. The van der Waals surface area contributed by atoms with Crippen molar-refractivity contribution in [1.82, 2.24) is 0 Å². The van der Waals surface area contributed by atoms with Crippen molar-refractivity contribution in [3.8, 4) is 16.9 Å². The fourth-order valence-electron chi connectivity index (χ4n) is 2.62. The Morgan fingerprint density at radius 3 is 2.42 bits per heavy atom. The molecule has 26 heavy (non-hydrogen) atoms. The molecule has 132 valence electrons. The second-order valence-electron chi connectivity index (χ2n) is 5.95. The van der Waals surface area contributed by atoms with Gasteiger partial charge in [-0.1, -0.05) is 48.0 Å². The molecule has 0 spiro atoms. The molecule has 0 heterocycles. The van der Waals surface area contributed by atoms with Crippen LogP contribution in [0, 0.1) is 18.6 Å². The monoisotopic (exact) mass is 353 g/mol. The second-order valence-corrected chi connectivity index (χ2v) is 5.95. The van der Waals surface area contributed by atoms with Crippen molar-refractivity contribution in [3.05, 3.63) is 89.0 Å². The zero-order valence-corrected chi connectivity index (χ0v) is 14.1. The van der Waals surface area contributed by atoms with Crippen LogP contribution in [0.15, 0.2) is 60.7 Å². The van der Waals surface area contributed by atoms with Crippen molar-refractivity contribution < 1.29 is 18.3 Å². The largest absolute Gasteiger partial charge is 0.486 e. The van der Waals surface area contributed by atoms with Crippen LogP contribution in [0.2, 0.25) is 0 Å². The number of nitrogens with two attached hydrogens (primary N) is 1. The van der Waals surface area contributed by atoms with Crippen LogP contribution in [0.25, 0.3) is 11.1 Å². The summed E-state index contributed by atoms with van der Waals surface area (Å²) in [7, 11) is 0. The van der Waals surface area contributed by atoms with Gasteiger partial charge >= 0.3 is 0 Å². The van der Waals surface area contributed by atoms with Gasteiger partial charge in [0.25, 0.3) is 5.91 Å². The van der Waals surface area contributed by atoms with Crippen LogP contribution in [-0.4, -0.2) is 5.91 Å². The summed E-state index contributed by atoms with van der Waals surface area (Å²) < 4.78 is 33.1. The number of aryl methyl sites for hydroxylation is 1. The standard InChI is InChI=1S/C21H17F2NO2/c1-13-5-7-15(8-6-13)16-4-2-3-14(11-16)12-26-18-10-9-17(22)19(20(18)23)21(24)25/h2-11H,12H2,1H3,(H2,24,25). The lowest BCUT2D eigenvalue weighted by Crippen LogP contribution is -2.16. The predicted octanol–water partition coefficient (Wildman–Crippen LogP) is 4.62. The normalized spacial score (nSPS) is 10.6.